The topological polar surface area (TPSA) is 125 Å². The van der Waals surface area contributed by atoms with Crippen LogP contribution in [0.25, 0.3) is 0 Å². The Hall–Kier alpha value is -4.08. The molecule has 0 aliphatic carbocycles. The maximum Gasteiger partial charge on any atom is 0.343 e. The third-order valence-electron chi connectivity index (χ3n) is 3.91. The second-order valence-corrected chi connectivity index (χ2v) is 5.98. The van der Waals surface area contributed by atoms with Crippen molar-refractivity contribution < 1.29 is 33.3 Å². The summed E-state index contributed by atoms with van der Waals surface area (Å²) in [7, 11) is 1.28. The van der Waals surface area contributed by atoms with Crippen LogP contribution in [0.4, 0.5) is 0 Å². The van der Waals surface area contributed by atoms with Crippen LogP contribution in [0.15, 0.2) is 47.6 Å². The SMILES string of the molecule is COC(=O)COc1ccc(C=NNC(=O)CNC(=O)c2ccc3c(c2)OCO3)cc1. The molecule has 0 atom stereocenters. The summed E-state index contributed by atoms with van der Waals surface area (Å²) < 4.78 is 20.1. The first-order valence-electron chi connectivity index (χ1n) is 8.84. The number of rotatable bonds is 8. The molecule has 10 nitrogen and oxygen atoms in total. The molecule has 0 radical (unpaired) electrons. The third kappa shape index (κ3) is 5.71. The Morgan fingerprint density at radius 3 is 2.63 bits per heavy atom. The first-order chi connectivity index (χ1) is 14.5. The highest BCUT2D eigenvalue weighted by atomic mass is 16.7. The van der Waals surface area contributed by atoms with Crippen LogP contribution < -0.4 is 25.0 Å². The average molecular weight is 413 g/mol. The number of carbonyl (C=O) groups is 3. The first kappa shape index (κ1) is 20.6. The minimum atomic E-state index is -0.488. The fourth-order valence-electron chi connectivity index (χ4n) is 2.37. The van der Waals surface area contributed by atoms with E-state index in [2.05, 4.69) is 20.6 Å². The van der Waals surface area contributed by atoms with Gasteiger partial charge < -0.3 is 24.3 Å². The van der Waals surface area contributed by atoms with Gasteiger partial charge in [0.1, 0.15) is 5.75 Å². The second-order valence-electron chi connectivity index (χ2n) is 5.98. The van der Waals surface area contributed by atoms with Crippen molar-refractivity contribution in [1.82, 2.24) is 10.7 Å². The van der Waals surface area contributed by atoms with Gasteiger partial charge in [0.2, 0.25) is 6.79 Å². The number of nitrogens with zero attached hydrogens (tertiary/aromatic N) is 1. The van der Waals surface area contributed by atoms with Crippen LogP contribution in [0.1, 0.15) is 15.9 Å². The van der Waals surface area contributed by atoms with Gasteiger partial charge >= 0.3 is 5.97 Å². The van der Waals surface area contributed by atoms with Gasteiger partial charge in [0, 0.05) is 5.56 Å². The van der Waals surface area contributed by atoms with Gasteiger partial charge in [0.15, 0.2) is 18.1 Å². The van der Waals surface area contributed by atoms with Crippen molar-refractivity contribution in [3.8, 4) is 17.2 Å². The molecule has 30 heavy (non-hydrogen) atoms. The summed E-state index contributed by atoms with van der Waals surface area (Å²) >= 11 is 0. The molecule has 0 spiro atoms. The number of fused-ring (bicyclic) bond motifs is 1. The van der Waals surface area contributed by atoms with Crippen molar-refractivity contribution in [2.75, 3.05) is 27.1 Å². The predicted octanol–water partition coefficient (Wildman–Crippen LogP) is 0.847. The lowest BCUT2D eigenvalue weighted by molar-refractivity contribution is -0.142. The zero-order valence-electron chi connectivity index (χ0n) is 16.0. The lowest BCUT2D eigenvalue weighted by Crippen LogP contribution is -2.34. The number of hydrogen-bond acceptors (Lipinski definition) is 8. The van der Waals surface area contributed by atoms with Crippen LogP contribution in [0.2, 0.25) is 0 Å². The van der Waals surface area contributed by atoms with E-state index in [0.29, 0.717) is 28.4 Å². The van der Waals surface area contributed by atoms with E-state index in [1.165, 1.54) is 13.3 Å². The van der Waals surface area contributed by atoms with Gasteiger partial charge in [0.05, 0.1) is 19.9 Å². The number of hydrogen-bond donors (Lipinski definition) is 2. The van der Waals surface area contributed by atoms with Crippen molar-refractivity contribution in [2.24, 2.45) is 5.10 Å². The third-order valence-corrected chi connectivity index (χ3v) is 3.91. The molecule has 0 bridgehead atoms. The quantitative estimate of drug-likeness (QED) is 0.373. The molecule has 0 aromatic heterocycles. The second kappa shape index (κ2) is 9.92. The largest absolute Gasteiger partial charge is 0.482 e. The van der Waals surface area contributed by atoms with E-state index in [0.717, 1.165) is 0 Å². The number of ether oxygens (including phenoxy) is 4. The summed E-state index contributed by atoms with van der Waals surface area (Å²) in [5, 5.41) is 6.33. The zero-order chi connectivity index (χ0) is 21.3. The molecular weight excluding hydrogens is 394 g/mol. The molecule has 156 valence electrons. The highest BCUT2D eigenvalue weighted by Crippen LogP contribution is 2.32. The molecule has 2 aromatic carbocycles. The van der Waals surface area contributed by atoms with Crippen LogP contribution in [-0.2, 0) is 14.3 Å². The molecule has 2 amide bonds. The number of benzene rings is 2. The molecule has 2 N–H and O–H groups in total. The Kier molecular flexibility index (Phi) is 6.83. The number of carbonyl (C=O) groups excluding carboxylic acids is 3. The molecule has 0 saturated carbocycles. The van der Waals surface area contributed by atoms with Crippen LogP contribution in [0.3, 0.4) is 0 Å². The van der Waals surface area contributed by atoms with E-state index in [-0.39, 0.29) is 19.9 Å². The number of methoxy groups -OCH3 is 1. The summed E-state index contributed by atoms with van der Waals surface area (Å²) in [6.45, 7) is -0.313. The number of hydrazone groups is 1. The maximum atomic E-state index is 12.1. The molecule has 3 rings (SSSR count). The van der Waals surface area contributed by atoms with Crippen molar-refractivity contribution in [3.63, 3.8) is 0 Å². The van der Waals surface area contributed by atoms with E-state index in [1.54, 1.807) is 42.5 Å². The predicted molar refractivity (Wildman–Crippen MR) is 105 cm³/mol. The lowest BCUT2D eigenvalue weighted by Gasteiger charge is -2.05. The summed E-state index contributed by atoms with van der Waals surface area (Å²) in [5.74, 6) is 0.162. The molecule has 10 heteroatoms. The number of amides is 2. The van der Waals surface area contributed by atoms with Gasteiger partial charge in [-0.05, 0) is 48.0 Å². The molecule has 0 fully saturated rings. The molecule has 0 saturated heterocycles. The van der Waals surface area contributed by atoms with Gasteiger partial charge in [-0.15, -0.1) is 0 Å². The highest BCUT2D eigenvalue weighted by molar-refractivity contribution is 5.97. The zero-order valence-corrected chi connectivity index (χ0v) is 16.0. The summed E-state index contributed by atoms with van der Waals surface area (Å²) in [5.41, 5.74) is 3.37. The fraction of sp³-hybridized carbons (Fsp3) is 0.200. The van der Waals surface area contributed by atoms with Crippen LogP contribution in [-0.4, -0.2) is 51.1 Å². The van der Waals surface area contributed by atoms with Crippen molar-refractivity contribution in [3.05, 3.63) is 53.6 Å². The summed E-state index contributed by atoms with van der Waals surface area (Å²) in [6.07, 6.45) is 1.43. The van der Waals surface area contributed by atoms with Gasteiger partial charge in [-0.3, -0.25) is 9.59 Å². The van der Waals surface area contributed by atoms with Crippen LogP contribution >= 0.6 is 0 Å². The lowest BCUT2D eigenvalue weighted by atomic mass is 10.2. The monoisotopic (exact) mass is 413 g/mol. The van der Waals surface area contributed by atoms with Gasteiger partial charge in [-0.2, -0.15) is 5.10 Å². The van der Waals surface area contributed by atoms with E-state index in [1.807, 2.05) is 0 Å². The Labute approximate surface area is 171 Å². The molecule has 0 unspecified atom stereocenters. The van der Waals surface area contributed by atoms with Crippen molar-refractivity contribution in [2.45, 2.75) is 0 Å². The molecule has 2 aromatic rings. The molecular formula is C20H19N3O7. The minimum absolute atomic E-state index is 0.115. The first-order valence-corrected chi connectivity index (χ1v) is 8.84. The Morgan fingerprint density at radius 2 is 1.87 bits per heavy atom. The van der Waals surface area contributed by atoms with Gasteiger partial charge in [-0.1, -0.05) is 0 Å². The van der Waals surface area contributed by atoms with Gasteiger partial charge in [-0.25, -0.2) is 10.2 Å². The fourth-order valence-corrected chi connectivity index (χ4v) is 2.37. The molecule has 1 heterocycles. The van der Waals surface area contributed by atoms with Gasteiger partial charge in [0.25, 0.3) is 11.8 Å². The Balaban J connectivity index is 1.41. The molecule has 1 aliphatic heterocycles. The van der Waals surface area contributed by atoms with E-state index in [4.69, 9.17) is 14.2 Å². The minimum Gasteiger partial charge on any atom is -0.482 e. The average Bonchev–Trinajstić information content (AvgIpc) is 3.24. The van der Waals surface area contributed by atoms with Crippen LogP contribution in [0.5, 0.6) is 17.2 Å². The number of esters is 1. The Morgan fingerprint density at radius 1 is 1.10 bits per heavy atom. The Bertz CT molecular complexity index is 957. The summed E-state index contributed by atoms with van der Waals surface area (Å²) in [4.78, 5) is 35.0. The molecule has 1 aliphatic rings. The normalized spacial score (nSPS) is 11.8. The van der Waals surface area contributed by atoms with E-state index >= 15 is 0 Å². The van der Waals surface area contributed by atoms with E-state index < -0.39 is 17.8 Å². The standard InChI is InChI=1S/C20H19N3O7/c1-27-19(25)11-28-15-5-2-13(3-6-15)9-22-23-18(24)10-21-20(26)14-4-7-16-17(8-14)30-12-29-16/h2-9H,10-12H2,1H3,(H,21,26)(H,23,24). The number of nitrogens with one attached hydrogen (secondary N) is 2. The van der Waals surface area contributed by atoms with Crippen LogP contribution in [0, 0.1) is 0 Å². The highest BCUT2D eigenvalue weighted by Gasteiger charge is 2.16. The summed E-state index contributed by atoms with van der Waals surface area (Å²) in [6, 6.07) is 11.5. The van der Waals surface area contributed by atoms with E-state index in [9.17, 15) is 14.4 Å². The van der Waals surface area contributed by atoms with Crippen molar-refractivity contribution >= 4 is 24.0 Å². The van der Waals surface area contributed by atoms with Crippen molar-refractivity contribution in [1.29, 1.82) is 0 Å². The smallest absolute Gasteiger partial charge is 0.343 e. The maximum absolute atomic E-state index is 12.1.